The highest BCUT2D eigenvalue weighted by atomic mass is 35.5. The summed E-state index contributed by atoms with van der Waals surface area (Å²) in [6.07, 6.45) is 6.69. The summed E-state index contributed by atoms with van der Waals surface area (Å²) in [7, 11) is 0. The molecule has 0 amide bonds. The Labute approximate surface area is 121 Å². The molecule has 0 heterocycles. The Hall–Kier alpha value is -0.570. The number of hydrogen-bond acceptors (Lipinski definition) is 2. The van der Waals surface area contributed by atoms with Crippen LogP contribution in [0.15, 0.2) is 24.3 Å². The molecule has 0 aliphatic heterocycles. The maximum Gasteiger partial charge on any atom is 0.0953 e. The van der Waals surface area contributed by atoms with Gasteiger partial charge in [0.25, 0.3) is 0 Å². The van der Waals surface area contributed by atoms with Crippen LogP contribution in [0.4, 0.5) is 0 Å². The molecule has 1 aromatic rings. The summed E-state index contributed by atoms with van der Waals surface area (Å²) in [6.45, 7) is 4.08. The van der Waals surface area contributed by atoms with Gasteiger partial charge in [-0.2, -0.15) is 0 Å². The molecule has 0 spiro atoms. The first-order valence-electron chi connectivity index (χ1n) is 7.41. The third kappa shape index (κ3) is 4.79. The van der Waals surface area contributed by atoms with Crippen molar-refractivity contribution in [1.29, 1.82) is 0 Å². The fourth-order valence-electron chi connectivity index (χ4n) is 2.62. The maximum absolute atomic E-state index is 6.28. The van der Waals surface area contributed by atoms with Gasteiger partial charge >= 0.3 is 0 Å². The second-order valence-electron chi connectivity index (χ2n) is 5.29. The van der Waals surface area contributed by atoms with Crippen LogP contribution in [0.3, 0.4) is 0 Å². The summed E-state index contributed by atoms with van der Waals surface area (Å²) in [4.78, 5) is 0. The molecule has 106 valence electrons. The molecule has 2 nitrogen and oxygen atoms in total. The standard InChI is InChI=1S/C16H24ClNO/c1-2-10-18-12-16(19-15-8-3-4-9-15)13-6-5-7-14(17)11-13/h5-7,11,15-16,18H,2-4,8-10,12H2,1H3. The van der Waals surface area contributed by atoms with E-state index in [-0.39, 0.29) is 6.10 Å². The predicted molar refractivity (Wildman–Crippen MR) is 80.7 cm³/mol. The van der Waals surface area contributed by atoms with Crippen LogP contribution in [0.5, 0.6) is 0 Å². The minimum atomic E-state index is 0.119. The van der Waals surface area contributed by atoms with Crippen molar-refractivity contribution in [3.05, 3.63) is 34.9 Å². The fourth-order valence-corrected chi connectivity index (χ4v) is 2.82. The molecule has 1 saturated carbocycles. The van der Waals surface area contributed by atoms with Crippen LogP contribution in [0.1, 0.15) is 50.7 Å². The molecule has 1 fully saturated rings. The van der Waals surface area contributed by atoms with E-state index in [1.807, 2.05) is 18.2 Å². The highest BCUT2D eigenvalue weighted by Crippen LogP contribution is 2.28. The Morgan fingerprint density at radius 1 is 1.37 bits per heavy atom. The molecule has 1 aromatic carbocycles. The lowest BCUT2D eigenvalue weighted by Gasteiger charge is -2.23. The van der Waals surface area contributed by atoms with E-state index in [4.69, 9.17) is 16.3 Å². The van der Waals surface area contributed by atoms with Crippen LogP contribution < -0.4 is 5.32 Å². The van der Waals surface area contributed by atoms with Gasteiger partial charge in [0.2, 0.25) is 0 Å². The molecule has 1 atom stereocenters. The highest BCUT2D eigenvalue weighted by Gasteiger charge is 2.21. The smallest absolute Gasteiger partial charge is 0.0953 e. The third-order valence-corrected chi connectivity index (χ3v) is 3.87. The van der Waals surface area contributed by atoms with Crippen molar-refractivity contribution >= 4 is 11.6 Å². The molecular formula is C16H24ClNO. The molecule has 1 aliphatic rings. The Kier molecular flexibility index (Phi) is 6.15. The largest absolute Gasteiger partial charge is 0.369 e. The van der Waals surface area contributed by atoms with E-state index in [1.54, 1.807) is 0 Å². The average molecular weight is 282 g/mol. The van der Waals surface area contributed by atoms with Gasteiger partial charge in [-0.15, -0.1) is 0 Å². The van der Waals surface area contributed by atoms with Crippen molar-refractivity contribution in [2.45, 2.75) is 51.2 Å². The number of rotatable bonds is 7. The molecule has 3 heteroatoms. The molecule has 1 aliphatic carbocycles. The average Bonchev–Trinajstić information content (AvgIpc) is 2.91. The van der Waals surface area contributed by atoms with E-state index in [0.717, 1.165) is 24.5 Å². The van der Waals surface area contributed by atoms with E-state index in [0.29, 0.717) is 6.10 Å². The molecular weight excluding hydrogens is 258 g/mol. The Morgan fingerprint density at radius 2 is 2.16 bits per heavy atom. The normalized spacial score (nSPS) is 17.8. The summed E-state index contributed by atoms with van der Waals surface area (Å²) in [5, 5.41) is 4.24. The second kappa shape index (κ2) is 7.88. The molecule has 0 saturated heterocycles. The first-order valence-corrected chi connectivity index (χ1v) is 7.79. The lowest BCUT2D eigenvalue weighted by Crippen LogP contribution is -2.26. The van der Waals surface area contributed by atoms with E-state index in [2.05, 4.69) is 18.3 Å². The van der Waals surface area contributed by atoms with Gasteiger partial charge in [-0.3, -0.25) is 0 Å². The summed E-state index contributed by atoms with van der Waals surface area (Å²) in [6, 6.07) is 8.05. The molecule has 0 radical (unpaired) electrons. The van der Waals surface area contributed by atoms with Gasteiger partial charge in [-0.25, -0.2) is 0 Å². The lowest BCUT2D eigenvalue weighted by atomic mass is 10.1. The van der Waals surface area contributed by atoms with Gasteiger partial charge in [0, 0.05) is 11.6 Å². The Balaban J connectivity index is 1.99. The number of halogens is 1. The van der Waals surface area contributed by atoms with E-state index < -0.39 is 0 Å². The van der Waals surface area contributed by atoms with Crippen molar-refractivity contribution in [2.24, 2.45) is 0 Å². The maximum atomic E-state index is 6.28. The van der Waals surface area contributed by atoms with Gasteiger partial charge in [0.15, 0.2) is 0 Å². The molecule has 1 unspecified atom stereocenters. The fraction of sp³-hybridized carbons (Fsp3) is 0.625. The van der Waals surface area contributed by atoms with Crippen molar-refractivity contribution in [2.75, 3.05) is 13.1 Å². The zero-order valence-corrected chi connectivity index (χ0v) is 12.5. The minimum Gasteiger partial charge on any atom is -0.369 e. The van der Waals surface area contributed by atoms with Crippen LogP contribution >= 0.6 is 11.6 Å². The number of nitrogens with one attached hydrogen (secondary N) is 1. The third-order valence-electron chi connectivity index (χ3n) is 3.64. The van der Waals surface area contributed by atoms with Crippen LogP contribution in [0.25, 0.3) is 0 Å². The zero-order chi connectivity index (χ0) is 13.5. The van der Waals surface area contributed by atoms with E-state index in [1.165, 1.54) is 31.2 Å². The quantitative estimate of drug-likeness (QED) is 0.751. The molecule has 0 bridgehead atoms. The summed E-state index contributed by atoms with van der Waals surface area (Å²) < 4.78 is 6.28. The highest BCUT2D eigenvalue weighted by molar-refractivity contribution is 6.30. The summed E-state index contributed by atoms with van der Waals surface area (Å²) in [5.41, 5.74) is 1.18. The van der Waals surface area contributed by atoms with Crippen molar-refractivity contribution in [3.63, 3.8) is 0 Å². The molecule has 2 rings (SSSR count). The van der Waals surface area contributed by atoms with Crippen LogP contribution in [-0.4, -0.2) is 19.2 Å². The first kappa shape index (κ1) is 14.8. The van der Waals surface area contributed by atoms with Gasteiger partial charge in [-0.05, 0) is 43.5 Å². The number of hydrogen-bond donors (Lipinski definition) is 1. The summed E-state index contributed by atoms with van der Waals surface area (Å²) in [5.74, 6) is 0. The van der Waals surface area contributed by atoms with Crippen molar-refractivity contribution in [1.82, 2.24) is 5.32 Å². The molecule has 1 N–H and O–H groups in total. The minimum absolute atomic E-state index is 0.119. The predicted octanol–water partition coefficient (Wildman–Crippen LogP) is 4.34. The van der Waals surface area contributed by atoms with Crippen LogP contribution in [-0.2, 0) is 4.74 Å². The Morgan fingerprint density at radius 3 is 2.84 bits per heavy atom. The monoisotopic (exact) mass is 281 g/mol. The molecule has 19 heavy (non-hydrogen) atoms. The van der Waals surface area contributed by atoms with Gasteiger partial charge in [0.05, 0.1) is 12.2 Å². The topological polar surface area (TPSA) is 21.3 Å². The van der Waals surface area contributed by atoms with Crippen molar-refractivity contribution in [3.8, 4) is 0 Å². The van der Waals surface area contributed by atoms with Gasteiger partial charge in [0.1, 0.15) is 0 Å². The first-order chi connectivity index (χ1) is 9.29. The second-order valence-corrected chi connectivity index (χ2v) is 5.73. The zero-order valence-electron chi connectivity index (χ0n) is 11.7. The SMILES string of the molecule is CCCNCC(OC1CCCC1)c1cccc(Cl)c1. The number of ether oxygens (including phenoxy) is 1. The van der Waals surface area contributed by atoms with E-state index in [9.17, 15) is 0 Å². The molecule has 0 aromatic heterocycles. The van der Waals surface area contributed by atoms with Crippen molar-refractivity contribution < 1.29 is 4.74 Å². The van der Waals surface area contributed by atoms with Crippen LogP contribution in [0, 0.1) is 0 Å². The number of benzene rings is 1. The van der Waals surface area contributed by atoms with Crippen LogP contribution in [0.2, 0.25) is 5.02 Å². The van der Waals surface area contributed by atoms with Gasteiger partial charge < -0.3 is 10.1 Å². The summed E-state index contributed by atoms with van der Waals surface area (Å²) >= 11 is 6.09. The van der Waals surface area contributed by atoms with E-state index >= 15 is 0 Å². The lowest BCUT2D eigenvalue weighted by molar-refractivity contribution is -0.00863. The van der Waals surface area contributed by atoms with Gasteiger partial charge in [-0.1, -0.05) is 43.5 Å². The Bertz CT molecular complexity index is 377.